The predicted molar refractivity (Wildman–Crippen MR) is 61.8 cm³/mol. The molecule has 0 fully saturated rings. The monoisotopic (exact) mass is 231 g/mol. The van der Waals surface area contributed by atoms with E-state index in [1.807, 2.05) is 0 Å². The molecule has 0 aliphatic carbocycles. The molecule has 2 aromatic rings. The molecule has 1 heterocycles. The number of nitrogens with one attached hydrogen (secondary N) is 1. The van der Waals surface area contributed by atoms with Crippen molar-refractivity contribution < 1.29 is 9.18 Å². The zero-order chi connectivity index (χ0) is 12.3. The molecule has 1 aromatic carbocycles. The van der Waals surface area contributed by atoms with Crippen LogP contribution >= 0.6 is 0 Å². The summed E-state index contributed by atoms with van der Waals surface area (Å²) in [5, 5.41) is 2.78. The molecule has 0 bridgehead atoms. The molecule has 2 rings (SSSR count). The third-order valence-electron chi connectivity index (χ3n) is 2.19. The lowest BCUT2D eigenvalue weighted by atomic mass is 10.2. The molecular weight excluding hydrogens is 221 g/mol. The van der Waals surface area contributed by atoms with Gasteiger partial charge in [0.05, 0.1) is 11.3 Å². The average Bonchev–Trinajstić information content (AvgIpc) is 2.32. The van der Waals surface area contributed by atoms with E-state index in [2.05, 4.69) is 15.3 Å². The zero-order valence-electron chi connectivity index (χ0n) is 9.14. The number of aromatic nitrogens is 2. The fourth-order valence-electron chi connectivity index (χ4n) is 1.36. The van der Waals surface area contributed by atoms with Gasteiger partial charge in [-0.25, -0.2) is 14.4 Å². The quantitative estimate of drug-likeness (QED) is 0.824. The van der Waals surface area contributed by atoms with Crippen LogP contribution in [0.25, 0.3) is 0 Å². The van der Waals surface area contributed by atoms with Crippen molar-refractivity contribution in [3.8, 4) is 0 Å². The van der Waals surface area contributed by atoms with Gasteiger partial charge in [-0.2, -0.15) is 0 Å². The number of benzene rings is 1. The molecule has 0 aliphatic heterocycles. The molecule has 0 amide bonds. The van der Waals surface area contributed by atoms with Gasteiger partial charge in [0.25, 0.3) is 0 Å². The van der Waals surface area contributed by atoms with Crippen LogP contribution in [0.4, 0.5) is 15.9 Å². The van der Waals surface area contributed by atoms with Gasteiger partial charge in [0.15, 0.2) is 6.29 Å². The average molecular weight is 231 g/mol. The minimum absolute atomic E-state index is 0.272. The normalized spacial score (nSPS) is 10.0. The highest BCUT2D eigenvalue weighted by Gasteiger charge is 2.07. The van der Waals surface area contributed by atoms with E-state index in [0.29, 0.717) is 23.5 Å². The molecule has 1 aromatic heterocycles. The van der Waals surface area contributed by atoms with Crippen LogP contribution in [0.1, 0.15) is 16.2 Å². The second-order valence-electron chi connectivity index (χ2n) is 3.44. The van der Waals surface area contributed by atoms with Crippen LogP contribution in [0.2, 0.25) is 0 Å². The van der Waals surface area contributed by atoms with Crippen LogP contribution in [-0.4, -0.2) is 16.3 Å². The summed E-state index contributed by atoms with van der Waals surface area (Å²) >= 11 is 0. The fourth-order valence-corrected chi connectivity index (χ4v) is 1.36. The van der Waals surface area contributed by atoms with Crippen LogP contribution < -0.4 is 5.32 Å². The number of aryl methyl sites for hydroxylation is 1. The first-order valence-corrected chi connectivity index (χ1v) is 5.01. The molecule has 0 saturated carbocycles. The third-order valence-corrected chi connectivity index (χ3v) is 2.19. The minimum atomic E-state index is -0.402. The van der Waals surface area contributed by atoms with Crippen molar-refractivity contribution in [3.63, 3.8) is 0 Å². The Hall–Kier alpha value is -2.30. The first-order chi connectivity index (χ1) is 8.20. The second kappa shape index (κ2) is 4.69. The van der Waals surface area contributed by atoms with Gasteiger partial charge >= 0.3 is 0 Å². The third kappa shape index (κ3) is 2.44. The van der Waals surface area contributed by atoms with Gasteiger partial charge in [-0.15, -0.1) is 0 Å². The Morgan fingerprint density at radius 1 is 1.35 bits per heavy atom. The summed E-state index contributed by atoms with van der Waals surface area (Å²) in [5.74, 6) is 0.410. The van der Waals surface area contributed by atoms with Gasteiger partial charge < -0.3 is 5.32 Å². The molecule has 0 atom stereocenters. The van der Waals surface area contributed by atoms with Crippen LogP contribution in [0.15, 0.2) is 30.5 Å². The van der Waals surface area contributed by atoms with E-state index < -0.39 is 5.82 Å². The molecule has 0 saturated heterocycles. The largest absolute Gasteiger partial charge is 0.337 e. The lowest BCUT2D eigenvalue weighted by molar-refractivity contribution is 0.112. The van der Waals surface area contributed by atoms with E-state index in [9.17, 15) is 9.18 Å². The summed E-state index contributed by atoms with van der Waals surface area (Å²) in [4.78, 5) is 18.8. The minimum Gasteiger partial charge on any atom is -0.337 e. The van der Waals surface area contributed by atoms with Crippen LogP contribution in [0.3, 0.4) is 0 Å². The summed E-state index contributed by atoms with van der Waals surface area (Å²) in [5.41, 5.74) is 0.563. The van der Waals surface area contributed by atoms with Gasteiger partial charge in [0.2, 0.25) is 0 Å². The number of halogens is 1. The van der Waals surface area contributed by atoms with Crippen molar-refractivity contribution in [2.45, 2.75) is 6.92 Å². The number of aldehydes is 1. The maximum atomic E-state index is 13.4. The molecule has 86 valence electrons. The molecule has 17 heavy (non-hydrogen) atoms. The summed E-state index contributed by atoms with van der Waals surface area (Å²) in [6.45, 7) is 1.70. The first kappa shape index (κ1) is 11.2. The van der Waals surface area contributed by atoms with E-state index in [4.69, 9.17) is 0 Å². The lowest BCUT2D eigenvalue weighted by Crippen LogP contribution is -2.02. The summed E-state index contributed by atoms with van der Waals surface area (Å²) in [7, 11) is 0. The Morgan fingerprint density at radius 2 is 2.12 bits per heavy atom. The predicted octanol–water partition coefficient (Wildman–Crippen LogP) is 2.48. The highest BCUT2D eigenvalue weighted by molar-refractivity contribution is 5.83. The Bertz CT molecular complexity index is 557. The number of rotatable bonds is 3. The Morgan fingerprint density at radius 3 is 2.82 bits per heavy atom. The topological polar surface area (TPSA) is 54.9 Å². The standard InChI is InChI=1S/C12H10FN3O/c1-8-14-6-9(7-17)12(15-8)16-11-5-3-2-4-10(11)13/h2-7H,1H3,(H,14,15,16). The highest BCUT2D eigenvalue weighted by atomic mass is 19.1. The Balaban J connectivity index is 2.39. The number of hydrogen-bond acceptors (Lipinski definition) is 4. The molecule has 0 aliphatic rings. The fraction of sp³-hybridized carbons (Fsp3) is 0.0833. The molecule has 0 unspecified atom stereocenters. The molecule has 0 radical (unpaired) electrons. The molecule has 0 spiro atoms. The van der Waals surface area contributed by atoms with Crippen molar-refractivity contribution in [1.82, 2.24) is 9.97 Å². The SMILES string of the molecule is Cc1ncc(C=O)c(Nc2ccccc2F)n1. The van der Waals surface area contributed by atoms with Crippen molar-refractivity contribution in [3.05, 3.63) is 47.7 Å². The first-order valence-electron chi connectivity index (χ1n) is 5.01. The van der Waals surface area contributed by atoms with Gasteiger partial charge in [-0.1, -0.05) is 12.1 Å². The van der Waals surface area contributed by atoms with Crippen LogP contribution in [-0.2, 0) is 0 Å². The summed E-state index contributed by atoms with van der Waals surface area (Å²) in [6, 6.07) is 6.19. The van der Waals surface area contributed by atoms with E-state index >= 15 is 0 Å². The number of anilines is 2. The van der Waals surface area contributed by atoms with Crippen LogP contribution in [0.5, 0.6) is 0 Å². The van der Waals surface area contributed by atoms with Crippen molar-refractivity contribution >= 4 is 17.8 Å². The number of carbonyl (C=O) groups is 1. The van der Waals surface area contributed by atoms with E-state index in [0.717, 1.165) is 0 Å². The summed E-state index contributed by atoms with van der Waals surface area (Å²) in [6.07, 6.45) is 2.03. The maximum absolute atomic E-state index is 13.4. The zero-order valence-corrected chi connectivity index (χ0v) is 9.14. The number of para-hydroxylation sites is 1. The van der Waals surface area contributed by atoms with Gasteiger partial charge in [0, 0.05) is 6.20 Å². The van der Waals surface area contributed by atoms with Gasteiger partial charge in [0.1, 0.15) is 17.5 Å². The highest BCUT2D eigenvalue weighted by Crippen LogP contribution is 2.19. The van der Waals surface area contributed by atoms with E-state index in [-0.39, 0.29) is 5.69 Å². The second-order valence-corrected chi connectivity index (χ2v) is 3.44. The van der Waals surface area contributed by atoms with Crippen LogP contribution in [0, 0.1) is 12.7 Å². The maximum Gasteiger partial charge on any atom is 0.155 e. The van der Waals surface area contributed by atoms with Gasteiger partial charge in [-0.3, -0.25) is 4.79 Å². The molecule has 4 nitrogen and oxygen atoms in total. The Kier molecular flexibility index (Phi) is 3.09. The molecular formula is C12H10FN3O. The van der Waals surface area contributed by atoms with E-state index in [1.165, 1.54) is 12.3 Å². The van der Waals surface area contributed by atoms with E-state index in [1.54, 1.807) is 25.1 Å². The summed E-state index contributed by atoms with van der Waals surface area (Å²) < 4.78 is 13.4. The Labute approximate surface area is 97.5 Å². The number of nitrogens with zero attached hydrogens (tertiary/aromatic N) is 2. The van der Waals surface area contributed by atoms with Gasteiger partial charge in [-0.05, 0) is 19.1 Å². The van der Waals surface area contributed by atoms with Crippen molar-refractivity contribution in [2.75, 3.05) is 5.32 Å². The molecule has 5 heteroatoms. The lowest BCUT2D eigenvalue weighted by Gasteiger charge is -2.08. The van der Waals surface area contributed by atoms with Crippen molar-refractivity contribution in [2.24, 2.45) is 0 Å². The molecule has 1 N–H and O–H groups in total. The number of carbonyl (C=O) groups excluding carboxylic acids is 1. The number of hydrogen-bond donors (Lipinski definition) is 1. The smallest absolute Gasteiger partial charge is 0.155 e. The van der Waals surface area contributed by atoms with Crippen molar-refractivity contribution in [1.29, 1.82) is 0 Å².